The first-order chi connectivity index (χ1) is 18.3. The highest BCUT2D eigenvalue weighted by Gasteiger charge is 2.11. The Morgan fingerprint density at radius 1 is 0.432 bits per heavy atom. The van der Waals surface area contributed by atoms with Gasteiger partial charge in [0.05, 0.1) is 11.4 Å². The van der Waals surface area contributed by atoms with E-state index in [4.69, 9.17) is 14.7 Å². The van der Waals surface area contributed by atoms with Gasteiger partial charge in [-0.1, -0.05) is 78.9 Å². The summed E-state index contributed by atoms with van der Waals surface area (Å²) in [6.45, 7) is 0. The number of ether oxygens (including phenoxy) is 1. The van der Waals surface area contributed by atoms with Gasteiger partial charge in [-0.05, 0) is 59.7 Å². The Morgan fingerprint density at radius 2 is 0.946 bits per heavy atom. The lowest BCUT2D eigenvalue weighted by Crippen LogP contribution is -1.96. The van der Waals surface area contributed by atoms with E-state index in [1.54, 1.807) is 6.20 Å². The first kappa shape index (κ1) is 22.4. The second kappa shape index (κ2) is 10.3. The molecule has 0 bridgehead atoms. The fourth-order valence-corrected chi connectivity index (χ4v) is 4.15. The van der Waals surface area contributed by atoms with E-state index in [1.807, 2.05) is 109 Å². The van der Waals surface area contributed by atoms with Gasteiger partial charge in [0.1, 0.15) is 11.5 Å². The van der Waals surface area contributed by atoms with E-state index in [2.05, 4.69) is 29.2 Å². The second-order valence-electron chi connectivity index (χ2n) is 8.59. The number of pyridine rings is 1. The molecule has 0 saturated carbocycles. The summed E-state index contributed by atoms with van der Waals surface area (Å²) in [7, 11) is 0. The number of rotatable bonds is 6. The molecule has 4 nitrogen and oxygen atoms in total. The summed E-state index contributed by atoms with van der Waals surface area (Å²) >= 11 is 0. The predicted molar refractivity (Wildman–Crippen MR) is 148 cm³/mol. The summed E-state index contributed by atoms with van der Waals surface area (Å²) < 4.78 is 6.09. The molecule has 6 rings (SSSR count). The Hall–Kier alpha value is -5.09. The smallest absolute Gasteiger partial charge is 0.160 e. The summed E-state index contributed by atoms with van der Waals surface area (Å²) in [4.78, 5) is 14.0. The first-order valence-electron chi connectivity index (χ1n) is 12.1. The molecule has 0 amide bonds. The molecule has 0 unspecified atom stereocenters. The van der Waals surface area contributed by atoms with Crippen LogP contribution in [0.3, 0.4) is 0 Å². The number of aromatic nitrogens is 3. The molecular formula is C33H23N3O. The van der Waals surface area contributed by atoms with Crippen molar-refractivity contribution >= 4 is 0 Å². The van der Waals surface area contributed by atoms with Crippen molar-refractivity contribution in [3.63, 3.8) is 0 Å². The van der Waals surface area contributed by atoms with Crippen molar-refractivity contribution in [1.29, 1.82) is 0 Å². The zero-order valence-corrected chi connectivity index (χ0v) is 20.0. The summed E-state index contributed by atoms with van der Waals surface area (Å²) in [5.74, 6) is 2.20. The van der Waals surface area contributed by atoms with Crippen LogP contribution >= 0.6 is 0 Å². The van der Waals surface area contributed by atoms with Crippen molar-refractivity contribution < 1.29 is 4.74 Å². The third kappa shape index (κ3) is 5.14. The van der Waals surface area contributed by atoms with Crippen molar-refractivity contribution in [1.82, 2.24) is 15.0 Å². The minimum Gasteiger partial charge on any atom is -0.457 e. The Balaban J connectivity index is 1.28. The van der Waals surface area contributed by atoms with Gasteiger partial charge in [0, 0.05) is 29.1 Å². The molecule has 2 aromatic heterocycles. The fourth-order valence-electron chi connectivity index (χ4n) is 4.15. The Morgan fingerprint density at radius 3 is 1.46 bits per heavy atom. The number of nitrogens with zero attached hydrogens (tertiary/aromatic N) is 3. The van der Waals surface area contributed by atoms with Gasteiger partial charge in [-0.15, -0.1) is 0 Å². The van der Waals surface area contributed by atoms with Crippen molar-refractivity contribution in [3.8, 4) is 56.5 Å². The number of benzene rings is 4. The van der Waals surface area contributed by atoms with Crippen LogP contribution < -0.4 is 4.74 Å². The Bertz CT molecular complexity index is 1540. The highest BCUT2D eigenvalue weighted by molar-refractivity contribution is 5.72. The van der Waals surface area contributed by atoms with Crippen molar-refractivity contribution in [2.24, 2.45) is 0 Å². The van der Waals surface area contributed by atoms with Crippen LogP contribution in [-0.2, 0) is 0 Å². The Kier molecular flexibility index (Phi) is 6.21. The standard InChI is InChI=1S/C33H23N3O/c1-3-8-25(9-4-1)31-22-32(26-10-5-2-6-11-26)36-33(35-31)27-15-19-30(20-16-27)37-29-17-13-24(14-18-29)28-12-7-21-34-23-28/h1-23H. The van der Waals surface area contributed by atoms with Crippen molar-refractivity contribution in [2.75, 3.05) is 0 Å². The molecular weight excluding hydrogens is 454 g/mol. The lowest BCUT2D eigenvalue weighted by Gasteiger charge is -2.10. The molecule has 0 N–H and O–H groups in total. The minimum absolute atomic E-state index is 0.674. The summed E-state index contributed by atoms with van der Waals surface area (Å²) in [6.07, 6.45) is 3.63. The molecule has 0 aliphatic rings. The van der Waals surface area contributed by atoms with Gasteiger partial charge >= 0.3 is 0 Å². The van der Waals surface area contributed by atoms with Gasteiger partial charge in [-0.3, -0.25) is 4.98 Å². The molecule has 4 heteroatoms. The lowest BCUT2D eigenvalue weighted by atomic mass is 10.1. The van der Waals surface area contributed by atoms with Gasteiger partial charge in [0.15, 0.2) is 5.82 Å². The van der Waals surface area contributed by atoms with Crippen LogP contribution in [0.4, 0.5) is 0 Å². The molecule has 176 valence electrons. The zero-order valence-electron chi connectivity index (χ0n) is 20.0. The van der Waals surface area contributed by atoms with E-state index in [1.165, 1.54) is 0 Å². The van der Waals surface area contributed by atoms with Crippen molar-refractivity contribution in [3.05, 3.63) is 140 Å². The molecule has 0 radical (unpaired) electrons. The molecule has 0 aliphatic heterocycles. The minimum atomic E-state index is 0.674. The maximum absolute atomic E-state index is 6.09. The molecule has 6 aromatic rings. The average Bonchev–Trinajstić information content (AvgIpc) is 2.99. The number of hydrogen-bond acceptors (Lipinski definition) is 4. The van der Waals surface area contributed by atoms with E-state index in [0.29, 0.717) is 5.82 Å². The van der Waals surface area contributed by atoms with Gasteiger partial charge in [-0.25, -0.2) is 9.97 Å². The van der Waals surface area contributed by atoms with Gasteiger partial charge < -0.3 is 4.74 Å². The largest absolute Gasteiger partial charge is 0.457 e. The topological polar surface area (TPSA) is 47.9 Å². The average molecular weight is 478 g/mol. The van der Waals surface area contributed by atoms with E-state index in [9.17, 15) is 0 Å². The lowest BCUT2D eigenvalue weighted by molar-refractivity contribution is 0.483. The third-order valence-corrected chi connectivity index (χ3v) is 6.06. The first-order valence-corrected chi connectivity index (χ1v) is 12.1. The monoisotopic (exact) mass is 477 g/mol. The van der Waals surface area contributed by atoms with Gasteiger partial charge in [-0.2, -0.15) is 0 Å². The van der Waals surface area contributed by atoms with Gasteiger partial charge in [0.25, 0.3) is 0 Å². The SMILES string of the molecule is c1ccc(-c2cc(-c3ccccc3)nc(-c3ccc(Oc4ccc(-c5cccnc5)cc4)cc3)n2)cc1. The van der Waals surface area contributed by atoms with Crippen LogP contribution in [-0.4, -0.2) is 15.0 Å². The Labute approximate surface area is 215 Å². The fraction of sp³-hybridized carbons (Fsp3) is 0. The molecule has 0 saturated heterocycles. The van der Waals surface area contributed by atoms with E-state index in [-0.39, 0.29) is 0 Å². The molecule has 0 fully saturated rings. The predicted octanol–water partition coefficient (Wildman–Crippen LogP) is 8.33. The van der Waals surface area contributed by atoms with E-state index >= 15 is 0 Å². The zero-order chi connectivity index (χ0) is 24.9. The highest BCUT2D eigenvalue weighted by atomic mass is 16.5. The van der Waals surface area contributed by atoms with Gasteiger partial charge in [0.2, 0.25) is 0 Å². The maximum atomic E-state index is 6.09. The van der Waals surface area contributed by atoms with Crippen LogP contribution in [0.25, 0.3) is 45.0 Å². The number of hydrogen-bond donors (Lipinski definition) is 0. The third-order valence-electron chi connectivity index (χ3n) is 6.06. The van der Waals surface area contributed by atoms with E-state index in [0.717, 1.165) is 50.7 Å². The van der Waals surface area contributed by atoms with E-state index < -0.39 is 0 Å². The summed E-state index contributed by atoms with van der Waals surface area (Å²) in [6, 6.07) is 42.3. The van der Waals surface area contributed by atoms with Crippen LogP contribution in [0.15, 0.2) is 140 Å². The molecule has 0 aliphatic carbocycles. The molecule has 0 spiro atoms. The molecule has 2 heterocycles. The van der Waals surface area contributed by atoms with Crippen LogP contribution in [0, 0.1) is 0 Å². The van der Waals surface area contributed by atoms with Crippen LogP contribution in [0.5, 0.6) is 11.5 Å². The second-order valence-corrected chi connectivity index (χ2v) is 8.59. The van der Waals surface area contributed by atoms with Crippen LogP contribution in [0.1, 0.15) is 0 Å². The molecule has 0 atom stereocenters. The van der Waals surface area contributed by atoms with Crippen molar-refractivity contribution in [2.45, 2.75) is 0 Å². The molecule has 4 aromatic carbocycles. The highest BCUT2D eigenvalue weighted by Crippen LogP contribution is 2.30. The summed E-state index contributed by atoms with van der Waals surface area (Å²) in [5.41, 5.74) is 6.98. The normalized spacial score (nSPS) is 10.7. The summed E-state index contributed by atoms with van der Waals surface area (Å²) in [5, 5.41) is 0. The molecule has 37 heavy (non-hydrogen) atoms. The maximum Gasteiger partial charge on any atom is 0.160 e. The van der Waals surface area contributed by atoms with Crippen LogP contribution in [0.2, 0.25) is 0 Å². The quantitative estimate of drug-likeness (QED) is 0.242.